The lowest BCUT2D eigenvalue weighted by atomic mass is 9.48. The van der Waals surface area contributed by atoms with E-state index in [-0.39, 0.29) is 0 Å². The van der Waals surface area contributed by atoms with Crippen molar-refractivity contribution < 1.29 is 0 Å². The highest BCUT2D eigenvalue weighted by atomic mass is 15.3. The molecule has 4 aliphatic carbocycles. The Morgan fingerprint density at radius 2 is 1.86 bits per heavy atom. The van der Waals surface area contributed by atoms with Gasteiger partial charge in [0.25, 0.3) is 0 Å². The maximum absolute atomic E-state index is 4.67. The predicted octanol–water partition coefficient (Wildman–Crippen LogP) is 4.91. The minimum atomic E-state index is 0.376. The molecule has 2 heteroatoms. The van der Waals surface area contributed by atoms with Gasteiger partial charge in [0.2, 0.25) is 0 Å². The second kappa shape index (κ2) is 5.11. The van der Waals surface area contributed by atoms with Gasteiger partial charge in [-0.25, -0.2) is 0 Å². The quantitative estimate of drug-likeness (QED) is 0.540. The molecule has 0 spiro atoms. The minimum absolute atomic E-state index is 0.376. The van der Waals surface area contributed by atoms with E-state index in [4.69, 9.17) is 0 Å². The van der Waals surface area contributed by atoms with Gasteiger partial charge in [-0.2, -0.15) is 5.10 Å². The van der Waals surface area contributed by atoms with Crippen LogP contribution in [-0.4, -0.2) is 12.8 Å². The molecular weight excluding hydrogens is 268 g/mol. The van der Waals surface area contributed by atoms with Gasteiger partial charge >= 0.3 is 0 Å². The van der Waals surface area contributed by atoms with Crippen molar-refractivity contribution in [2.24, 2.45) is 33.7 Å². The van der Waals surface area contributed by atoms with Crippen molar-refractivity contribution in [3.8, 4) is 0 Å². The lowest BCUT2D eigenvalue weighted by Gasteiger charge is -2.56. The normalized spacial score (nSPS) is 49.1. The highest BCUT2D eigenvalue weighted by Gasteiger charge is 2.57. The summed E-state index contributed by atoms with van der Waals surface area (Å²) in [6.07, 6.45) is 15.1. The van der Waals surface area contributed by atoms with Crippen LogP contribution in [0.1, 0.15) is 71.6 Å². The molecule has 5 unspecified atom stereocenters. The molecule has 4 aliphatic rings. The average molecular weight is 300 g/mol. The number of hydrogen-bond acceptors (Lipinski definition) is 2. The summed E-state index contributed by atoms with van der Waals surface area (Å²) in [6.45, 7) is 5.12. The molecule has 0 radical (unpaired) electrons. The molecule has 4 rings (SSSR count). The van der Waals surface area contributed by atoms with Gasteiger partial charge in [-0.05, 0) is 74.5 Å². The van der Waals surface area contributed by atoms with Gasteiger partial charge in [-0.3, -0.25) is 0 Å². The van der Waals surface area contributed by atoms with Crippen molar-refractivity contribution in [3.63, 3.8) is 0 Å². The summed E-state index contributed by atoms with van der Waals surface area (Å²) < 4.78 is 0. The summed E-state index contributed by atoms with van der Waals surface area (Å²) in [7, 11) is 1.95. The van der Waals surface area contributed by atoms with Crippen LogP contribution in [-0.2, 0) is 0 Å². The fraction of sp³-hybridized carbons (Fsp3) is 0.850. The SMILES string of the molecule is CN/N=C1/CCC2C3CC=C4CCCCC4(C)C3CCC12C. The third-order valence-electron chi connectivity index (χ3n) is 8.01. The molecule has 3 saturated carbocycles. The second-order valence-corrected chi connectivity index (χ2v) is 8.74. The molecule has 0 bridgehead atoms. The van der Waals surface area contributed by atoms with Crippen molar-refractivity contribution in [1.29, 1.82) is 0 Å². The van der Waals surface area contributed by atoms with E-state index in [1.807, 2.05) is 12.6 Å². The Kier molecular flexibility index (Phi) is 3.43. The van der Waals surface area contributed by atoms with E-state index in [9.17, 15) is 0 Å². The number of allylic oxidation sites excluding steroid dienone is 2. The van der Waals surface area contributed by atoms with Gasteiger partial charge < -0.3 is 5.43 Å². The molecule has 2 nitrogen and oxygen atoms in total. The van der Waals surface area contributed by atoms with Crippen LogP contribution in [0.3, 0.4) is 0 Å². The van der Waals surface area contributed by atoms with Crippen molar-refractivity contribution in [1.82, 2.24) is 5.43 Å². The minimum Gasteiger partial charge on any atom is -0.313 e. The Morgan fingerprint density at radius 1 is 1.05 bits per heavy atom. The summed E-state index contributed by atoms with van der Waals surface area (Å²) in [4.78, 5) is 0. The molecule has 0 saturated heterocycles. The largest absolute Gasteiger partial charge is 0.313 e. The van der Waals surface area contributed by atoms with E-state index < -0.39 is 0 Å². The van der Waals surface area contributed by atoms with Crippen LogP contribution < -0.4 is 5.43 Å². The first-order valence-electron chi connectivity index (χ1n) is 9.53. The Bertz CT molecular complexity index is 520. The Morgan fingerprint density at radius 3 is 2.68 bits per heavy atom. The van der Waals surface area contributed by atoms with Crippen molar-refractivity contribution in [2.45, 2.75) is 71.6 Å². The van der Waals surface area contributed by atoms with E-state index in [2.05, 4.69) is 30.5 Å². The van der Waals surface area contributed by atoms with Gasteiger partial charge in [0.1, 0.15) is 0 Å². The second-order valence-electron chi connectivity index (χ2n) is 8.74. The van der Waals surface area contributed by atoms with E-state index in [0.29, 0.717) is 10.8 Å². The summed E-state index contributed by atoms with van der Waals surface area (Å²) >= 11 is 0. The van der Waals surface area contributed by atoms with Crippen molar-refractivity contribution in [3.05, 3.63) is 11.6 Å². The molecule has 5 atom stereocenters. The maximum atomic E-state index is 4.67. The van der Waals surface area contributed by atoms with Crippen LogP contribution in [0.2, 0.25) is 0 Å². The molecule has 1 N–H and O–H groups in total. The molecule has 0 amide bonds. The number of fused-ring (bicyclic) bond motifs is 5. The fourth-order valence-corrected chi connectivity index (χ4v) is 6.81. The Hall–Kier alpha value is -0.790. The third kappa shape index (κ3) is 1.88. The molecule has 0 aromatic heterocycles. The number of rotatable bonds is 1. The lowest BCUT2D eigenvalue weighted by molar-refractivity contribution is -0.00625. The molecule has 0 aromatic carbocycles. The van der Waals surface area contributed by atoms with Crippen LogP contribution in [0, 0.1) is 28.6 Å². The zero-order valence-electron chi connectivity index (χ0n) is 14.6. The first-order chi connectivity index (χ1) is 10.6. The smallest absolute Gasteiger partial charge is 0.0440 e. The summed E-state index contributed by atoms with van der Waals surface area (Å²) in [5.41, 5.74) is 7.26. The highest BCUT2D eigenvalue weighted by molar-refractivity contribution is 5.92. The average Bonchev–Trinajstić information content (AvgIpc) is 2.84. The molecular formula is C20H32N2. The molecule has 0 aromatic rings. The monoisotopic (exact) mass is 300 g/mol. The fourth-order valence-electron chi connectivity index (χ4n) is 6.81. The first kappa shape index (κ1) is 14.8. The molecule has 22 heavy (non-hydrogen) atoms. The van der Waals surface area contributed by atoms with Gasteiger partial charge in [0.05, 0.1) is 0 Å². The molecule has 0 aliphatic heterocycles. The zero-order chi connectivity index (χ0) is 15.4. The summed E-state index contributed by atoms with van der Waals surface area (Å²) in [6, 6.07) is 0. The van der Waals surface area contributed by atoms with Crippen LogP contribution in [0.15, 0.2) is 16.8 Å². The third-order valence-corrected chi connectivity index (χ3v) is 8.01. The maximum Gasteiger partial charge on any atom is 0.0440 e. The Labute approximate surface area is 135 Å². The van der Waals surface area contributed by atoms with Crippen LogP contribution >= 0.6 is 0 Å². The van der Waals surface area contributed by atoms with Crippen LogP contribution in [0.4, 0.5) is 0 Å². The highest BCUT2D eigenvalue weighted by Crippen LogP contribution is 2.64. The lowest BCUT2D eigenvalue weighted by Crippen LogP contribution is -2.49. The van der Waals surface area contributed by atoms with E-state index in [0.717, 1.165) is 17.8 Å². The van der Waals surface area contributed by atoms with Gasteiger partial charge in [0, 0.05) is 18.2 Å². The molecule has 122 valence electrons. The molecule has 0 heterocycles. The summed E-state index contributed by atoms with van der Waals surface area (Å²) in [5.74, 6) is 2.73. The van der Waals surface area contributed by atoms with E-state index in [1.54, 1.807) is 0 Å². The van der Waals surface area contributed by atoms with Crippen LogP contribution in [0.5, 0.6) is 0 Å². The van der Waals surface area contributed by atoms with Gasteiger partial charge in [0.15, 0.2) is 0 Å². The standard InChI is InChI=1S/C20H32N2/c1-19-12-5-4-6-14(19)7-8-15-16-9-10-18(22-21-3)20(16,2)13-11-17(15)19/h7,15-17,21H,4-6,8-13H2,1-3H3/b22-18-. The van der Waals surface area contributed by atoms with Gasteiger partial charge in [-0.1, -0.05) is 31.9 Å². The number of hydrazone groups is 1. The van der Waals surface area contributed by atoms with E-state index >= 15 is 0 Å². The molecule has 3 fully saturated rings. The van der Waals surface area contributed by atoms with Crippen molar-refractivity contribution in [2.75, 3.05) is 7.05 Å². The van der Waals surface area contributed by atoms with Crippen LogP contribution in [0.25, 0.3) is 0 Å². The number of hydrogen-bond donors (Lipinski definition) is 1. The van der Waals surface area contributed by atoms with E-state index in [1.165, 1.54) is 63.5 Å². The number of nitrogens with zero attached hydrogens (tertiary/aromatic N) is 1. The van der Waals surface area contributed by atoms with Crippen molar-refractivity contribution >= 4 is 5.71 Å². The number of nitrogens with one attached hydrogen (secondary N) is 1. The topological polar surface area (TPSA) is 24.4 Å². The zero-order valence-corrected chi connectivity index (χ0v) is 14.6. The first-order valence-corrected chi connectivity index (χ1v) is 9.53. The Balaban J connectivity index is 1.68. The van der Waals surface area contributed by atoms with Gasteiger partial charge in [-0.15, -0.1) is 0 Å². The summed E-state index contributed by atoms with van der Waals surface area (Å²) in [5, 5.41) is 4.67. The predicted molar refractivity (Wildman–Crippen MR) is 92.8 cm³/mol.